The fourth-order valence-corrected chi connectivity index (χ4v) is 4.63. The van der Waals surface area contributed by atoms with Crippen molar-refractivity contribution in [3.8, 4) is 0 Å². The van der Waals surface area contributed by atoms with Gasteiger partial charge in [-0.25, -0.2) is 13.1 Å². The third-order valence-electron chi connectivity index (χ3n) is 3.61. The molecule has 2 N–H and O–H groups in total. The molecule has 0 aliphatic rings. The largest absolute Gasteiger partial charge is 0.375 e. The highest BCUT2D eigenvalue weighted by Gasteiger charge is 2.20. The quantitative estimate of drug-likeness (QED) is 0.771. The summed E-state index contributed by atoms with van der Waals surface area (Å²) in [7, 11) is -2.12. The number of methoxy groups -OCH3 is 1. The van der Waals surface area contributed by atoms with Crippen LogP contribution in [0.15, 0.2) is 35.2 Å². The van der Waals surface area contributed by atoms with Gasteiger partial charge in [0, 0.05) is 36.0 Å². The van der Waals surface area contributed by atoms with E-state index in [0.29, 0.717) is 11.3 Å². The van der Waals surface area contributed by atoms with Crippen LogP contribution in [0.4, 0.5) is 5.69 Å². The summed E-state index contributed by atoms with van der Waals surface area (Å²) in [6.45, 7) is 5.23. The van der Waals surface area contributed by atoms with Crippen LogP contribution in [-0.2, 0) is 19.6 Å². The van der Waals surface area contributed by atoms with Crippen molar-refractivity contribution in [3.05, 3.63) is 45.6 Å². The number of hydrogen-bond acceptors (Lipinski definition) is 5. The van der Waals surface area contributed by atoms with E-state index in [2.05, 4.69) is 10.0 Å². The monoisotopic (exact) mass is 382 g/mol. The second-order valence-electron chi connectivity index (χ2n) is 5.69. The van der Waals surface area contributed by atoms with Crippen molar-refractivity contribution in [2.24, 2.45) is 0 Å². The molecule has 1 aromatic carbocycles. The molecule has 8 heteroatoms. The normalized spacial score (nSPS) is 12.8. The van der Waals surface area contributed by atoms with Crippen molar-refractivity contribution in [1.82, 2.24) is 4.72 Å². The Morgan fingerprint density at radius 2 is 1.96 bits per heavy atom. The molecule has 1 unspecified atom stereocenters. The lowest BCUT2D eigenvalue weighted by Gasteiger charge is -2.16. The minimum Gasteiger partial charge on any atom is -0.375 e. The van der Waals surface area contributed by atoms with Gasteiger partial charge in [0.2, 0.25) is 15.9 Å². The van der Waals surface area contributed by atoms with Gasteiger partial charge < -0.3 is 10.1 Å². The van der Waals surface area contributed by atoms with Crippen molar-refractivity contribution in [3.63, 3.8) is 0 Å². The maximum atomic E-state index is 12.6. The molecule has 2 aromatic rings. The molecule has 1 atom stereocenters. The number of amides is 1. The lowest BCUT2D eigenvalue weighted by Crippen LogP contribution is -2.29. The molecule has 0 aliphatic carbocycles. The molecule has 1 amide bonds. The summed E-state index contributed by atoms with van der Waals surface area (Å²) < 4.78 is 33.2. The first-order valence-electron chi connectivity index (χ1n) is 7.70. The van der Waals surface area contributed by atoms with E-state index < -0.39 is 10.0 Å². The summed E-state index contributed by atoms with van der Waals surface area (Å²) >= 11 is 1.58. The molecule has 0 radical (unpaired) electrons. The average molecular weight is 383 g/mol. The van der Waals surface area contributed by atoms with Crippen molar-refractivity contribution in [1.29, 1.82) is 0 Å². The van der Waals surface area contributed by atoms with Crippen LogP contribution >= 0.6 is 11.3 Å². The summed E-state index contributed by atoms with van der Waals surface area (Å²) in [4.78, 5) is 13.4. The highest BCUT2D eigenvalue weighted by atomic mass is 32.2. The highest BCUT2D eigenvalue weighted by molar-refractivity contribution is 7.89. The topological polar surface area (TPSA) is 84.5 Å². The van der Waals surface area contributed by atoms with E-state index in [9.17, 15) is 13.2 Å². The second-order valence-corrected chi connectivity index (χ2v) is 8.74. The Balaban J connectivity index is 2.14. The molecule has 0 saturated carbocycles. The fraction of sp³-hybridized carbons (Fsp3) is 0.353. The zero-order chi connectivity index (χ0) is 18.6. The lowest BCUT2D eigenvalue weighted by molar-refractivity contribution is -0.114. The Kier molecular flexibility index (Phi) is 6.34. The maximum absolute atomic E-state index is 12.6. The van der Waals surface area contributed by atoms with Crippen LogP contribution in [0, 0.1) is 13.8 Å². The molecular weight excluding hydrogens is 360 g/mol. The fourth-order valence-electron chi connectivity index (χ4n) is 2.42. The molecule has 1 heterocycles. The van der Waals surface area contributed by atoms with Gasteiger partial charge in [-0.05, 0) is 49.7 Å². The number of aryl methyl sites for hydroxylation is 2. The molecule has 2 rings (SSSR count). The molecule has 6 nitrogen and oxygen atoms in total. The van der Waals surface area contributed by atoms with Crippen LogP contribution in [0.5, 0.6) is 0 Å². The summed E-state index contributed by atoms with van der Waals surface area (Å²) in [5, 5.41) is 2.63. The minimum atomic E-state index is -3.68. The SMILES string of the molecule is COC(CNS(=O)(=O)c1ccc(NC(C)=O)cc1C)c1ccc(C)s1. The summed E-state index contributed by atoms with van der Waals surface area (Å²) in [6, 6.07) is 8.60. The Morgan fingerprint density at radius 1 is 1.24 bits per heavy atom. The Morgan fingerprint density at radius 3 is 2.48 bits per heavy atom. The van der Waals surface area contributed by atoms with Crippen molar-refractivity contribution >= 4 is 33.0 Å². The highest BCUT2D eigenvalue weighted by Crippen LogP contribution is 2.25. The van der Waals surface area contributed by atoms with Gasteiger partial charge in [-0.1, -0.05) is 0 Å². The van der Waals surface area contributed by atoms with E-state index >= 15 is 0 Å². The summed E-state index contributed by atoms with van der Waals surface area (Å²) in [5.74, 6) is -0.206. The lowest BCUT2D eigenvalue weighted by atomic mass is 10.2. The zero-order valence-electron chi connectivity index (χ0n) is 14.6. The van der Waals surface area contributed by atoms with Crippen molar-refractivity contribution in [2.45, 2.75) is 31.8 Å². The van der Waals surface area contributed by atoms with Gasteiger partial charge in [-0.2, -0.15) is 0 Å². The molecule has 0 fully saturated rings. The number of sulfonamides is 1. The number of nitrogens with one attached hydrogen (secondary N) is 2. The molecule has 1 aromatic heterocycles. The van der Waals surface area contributed by atoms with E-state index in [0.717, 1.165) is 9.75 Å². The van der Waals surface area contributed by atoms with Crippen LogP contribution in [-0.4, -0.2) is 28.0 Å². The van der Waals surface area contributed by atoms with E-state index in [-0.39, 0.29) is 23.5 Å². The number of thiophene rings is 1. The number of rotatable bonds is 7. The molecule has 0 bridgehead atoms. The van der Waals surface area contributed by atoms with Crippen molar-refractivity contribution < 1.29 is 17.9 Å². The first-order valence-corrected chi connectivity index (χ1v) is 10.00. The van der Waals surface area contributed by atoms with Crippen molar-refractivity contribution in [2.75, 3.05) is 19.0 Å². The molecule has 0 saturated heterocycles. The van der Waals surface area contributed by atoms with Gasteiger partial charge in [-0.3, -0.25) is 4.79 Å². The van der Waals surface area contributed by atoms with Crippen LogP contribution in [0.25, 0.3) is 0 Å². The Bertz CT molecular complexity index is 859. The number of ether oxygens (including phenoxy) is 1. The van der Waals surface area contributed by atoms with Gasteiger partial charge in [0.1, 0.15) is 6.10 Å². The molecule has 0 spiro atoms. The maximum Gasteiger partial charge on any atom is 0.240 e. The van der Waals surface area contributed by atoms with Gasteiger partial charge in [0.05, 0.1) is 4.90 Å². The van der Waals surface area contributed by atoms with Gasteiger partial charge in [-0.15, -0.1) is 11.3 Å². The van der Waals surface area contributed by atoms with E-state index in [4.69, 9.17) is 4.74 Å². The molecule has 0 aliphatic heterocycles. The minimum absolute atomic E-state index is 0.145. The summed E-state index contributed by atoms with van der Waals surface area (Å²) in [5.41, 5.74) is 1.12. The van der Waals surface area contributed by atoms with E-state index in [1.165, 1.54) is 13.0 Å². The molecule has 25 heavy (non-hydrogen) atoms. The first kappa shape index (κ1) is 19.6. The van der Waals surface area contributed by atoms with Crippen LogP contribution in [0.2, 0.25) is 0 Å². The van der Waals surface area contributed by atoms with Crippen LogP contribution in [0.3, 0.4) is 0 Å². The number of anilines is 1. The second kappa shape index (κ2) is 8.09. The Hall–Kier alpha value is -1.74. The average Bonchev–Trinajstić information content (AvgIpc) is 2.93. The summed E-state index contributed by atoms with van der Waals surface area (Å²) in [6.07, 6.45) is -0.340. The van der Waals surface area contributed by atoms with Gasteiger partial charge in [0.15, 0.2) is 0 Å². The van der Waals surface area contributed by atoms with Gasteiger partial charge >= 0.3 is 0 Å². The smallest absolute Gasteiger partial charge is 0.240 e. The third kappa shape index (κ3) is 5.12. The molecule has 136 valence electrons. The number of carbonyl (C=O) groups excluding carboxylic acids is 1. The van der Waals surface area contributed by atoms with E-state index in [1.807, 2.05) is 19.1 Å². The van der Waals surface area contributed by atoms with Crippen LogP contribution < -0.4 is 10.0 Å². The third-order valence-corrected chi connectivity index (χ3v) is 6.28. The number of carbonyl (C=O) groups is 1. The Labute approximate surface area is 152 Å². The first-order chi connectivity index (χ1) is 11.7. The standard InChI is InChI=1S/C17H22N2O4S2/c1-11-9-14(19-13(3)20)6-8-17(11)25(21,22)18-10-15(23-4)16-7-5-12(2)24-16/h5-9,15,18H,10H2,1-4H3,(H,19,20). The molecular formula is C17H22N2O4S2. The number of benzene rings is 1. The zero-order valence-corrected chi connectivity index (χ0v) is 16.3. The van der Waals surface area contributed by atoms with Gasteiger partial charge in [0.25, 0.3) is 0 Å². The van der Waals surface area contributed by atoms with E-state index in [1.54, 1.807) is 37.5 Å². The predicted molar refractivity (Wildman–Crippen MR) is 99.5 cm³/mol. The predicted octanol–water partition coefficient (Wildman–Crippen LogP) is 2.99. The van der Waals surface area contributed by atoms with Crippen LogP contribution in [0.1, 0.15) is 28.3 Å². The number of hydrogen-bond donors (Lipinski definition) is 2.